The van der Waals surface area contributed by atoms with Crippen molar-refractivity contribution in [2.24, 2.45) is 0 Å². The molecular weight excluding hydrogens is 232 g/mol. The summed E-state index contributed by atoms with van der Waals surface area (Å²) in [4.78, 5) is 11.4. The highest BCUT2D eigenvalue weighted by molar-refractivity contribution is 5.83. The fourth-order valence-electron chi connectivity index (χ4n) is 1.88. The molecule has 0 amide bonds. The van der Waals surface area contributed by atoms with E-state index in [1.165, 1.54) is 0 Å². The Bertz CT molecular complexity index is 534. The van der Waals surface area contributed by atoms with E-state index < -0.39 is 19.1 Å². The number of methoxy groups -OCH3 is 1. The number of hydrogen-bond acceptors (Lipinski definition) is 4. The number of rotatable bonds is 4. The molecule has 1 aliphatic heterocycles. The van der Waals surface area contributed by atoms with Crippen LogP contribution in [0.2, 0.25) is 0 Å². The maximum atomic E-state index is 11.4. The van der Waals surface area contributed by atoms with Crippen LogP contribution >= 0.6 is 0 Å². The zero-order chi connectivity index (χ0) is 15.5. The van der Waals surface area contributed by atoms with E-state index in [9.17, 15) is 9.90 Å². The number of ether oxygens (including phenoxy) is 2. The second-order valence-electron chi connectivity index (χ2n) is 4.18. The number of phenolic OH excluding ortho intramolecular Hbond substituents is 1. The first-order valence-electron chi connectivity index (χ1n) is 7.20. The molecule has 0 aliphatic carbocycles. The largest absolute Gasteiger partial charge is 0.508 e. The summed E-state index contributed by atoms with van der Waals surface area (Å²) in [6.07, 6.45) is 2.12. The first-order valence-corrected chi connectivity index (χ1v) is 5.70. The summed E-state index contributed by atoms with van der Waals surface area (Å²) in [6, 6.07) is 6.75. The highest BCUT2D eigenvalue weighted by Crippen LogP contribution is 2.20. The van der Waals surface area contributed by atoms with Crippen LogP contribution in [0.5, 0.6) is 5.75 Å². The molecule has 4 heteroatoms. The van der Waals surface area contributed by atoms with Crippen LogP contribution in [0.15, 0.2) is 36.1 Å². The number of carbonyl (C=O) groups excluding carboxylic acids is 1. The molecule has 4 nitrogen and oxygen atoms in total. The van der Waals surface area contributed by atoms with E-state index in [-0.39, 0.29) is 17.9 Å². The van der Waals surface area contributed by atoms with Crippen molar-refractivity contribution in [1.82, 2.24) is 0 Å². The van der Waals surface area contributed by atoms with Gasteiger partial charge in [-0.2, -0.15) is 0 Å². The zero-order valence-electron chi connectivity index (χ0n) is 12.8. The summed E-state index contributed by atoms with van der Waals surface area (Å²) in [5.41, 5.74) is 0.997. The summed E-state index contributed by atoms with van der Waals surface area (Å²) >= 11 is 0. The fraction of sp³-hybridized carbons (Fsp3) is 0.357. The molecule has 1 atom stereocenters. The van der Waals surface area contributed by atoms with Crippen LogP contribution in [0.1, 0.15) is 22.5 Å². The van der Waals surface area contributed by atoms with Gasteiger partial charge in [0.15, 0.2) is 0 Å². The average Bonchev–Trinajstić information content (AvgIpc) is 2.35. The molecule has 0 saturated carbocycles. The molecule has 0 fully saturated rings. The Morgan fingerprint density at radius 3 is 3.00 bits per heavy atom. The molecule has 0 saturated heterocycles. The van der Waals surface area contributed by atoms with Gasteiger partial charge in [-0.25, -0.2) is 4.79 Å². The van der Waals surface area contributed by atoms with Crippen molar-refractivity contribution in [2.75, 3.05) is 7.04 Å². The number of phenols is 1. The Hall–Kier alpha value is -1.97. The van der Waals surface area contributed by atoms with Gasteiger partial charge in [0.2, 0.25) is 0 Å². The van der Waals surface area contributed by atoms with E-state index in [4.69, 9.17) is 13.6 Å². The normalized spacial score (nSPS) is 22.2. The van der Waals surface area contributed by atoms with Crippen LogP contribution in [0.4, 0.5) is 0 Å². The Morgan fingerprint density at radius 1 is 1.50 bits per heavy atom. The maximum Gasteiger partial charge on any atom is 0.334 e. The smallest absolute Gasteiger partial charge is 0.334 e. The summed E-state index contributed by atoms with van der Waals surface area (Å²) in [7, 11) is -2.56. The van der Waals surface area contributed by atoms with E-state index in [2.05, 4.69) is 0 Å². The number of hydrogen-bond donors (Lipinski definition) is 1. The van der Waals surface area contributed by atoms with Crippen LogP contribution in [-0.4, -0.2) is 24.2 Å². The van der Waals surface area contributed by atoms with Gasteiger partial charge >= 0.3 is 5.97 Å². The second kappa shape index (κ2) is 5.58. The van der Waals surface area contributed by atoms with Crippen molar-refractivity contribution in [3.63, 3.8) is 0 Å². The summed E-state index contributed by atoms with van der Waals surface area (Å²) in [5, 5.41) is 9.20. The topological polar surface area (TPSA) is 55.8 Å². The van der Waals surface area contributed by atoms with E-state index in [1.54, 1.807) is 24.3 Å². The van der Waals surface area contributed by atoms with Crippen LogP contribution < -0.4 is 0 Å². The number of aromatic hydroxyl groups is 1. The standard InChI is InChI=1S/C14H16O4/c1-17-13-8-12(18-14(16)9-13)7-4-10-2-5-11(15)6-3-10/h2-3,5-6,9,12,15H,4,7-8H2,1H3/i1D3. The molecule has 1 heterocycles. The predicted molar refractivity (Wildman–Crippen MR) is 66.0 cm³/mol. The molecule has 1 aromatic carbocycles. The van der Waals surface area contributed by atoms with Crippen molar-refractivity contribution in [3.05, 3.63) is 41.7 Å². The van der Waals surface area contributed by atoms with E-state index in [0.29, 0.717) is 12.8 Å². The van der Waals surface area contributed by atoms with E-state index in [1.807, 2.05) is 0 Å². The van der Waals surface area contributed by atoms with Gasteiger partial charge in [-0.15, -0.1) is 0 Å². The monoisotopic (exact) mass is 251 g/mol. The minimum Gasteiger partial charge on any atom is -0.508 e. The summed E-state index contributed by atoms with van der Waals surface area (Å²) < 4.78 is 31.1. The van der Waals surface area contributed by atoms with Crippen LogP contribution in [0.3, 0.4) is 0 Å². The molecule has 1 unspecified atom stereocenters. The van der Waals surface area contributed by atoms with Crippen molar-refractivity contribution in [2.45, 2.75) is 25.4 Å². The lowest BCUT2D eigenvalue weighted by Gasteiger charge is -2.22. The Morgan fingerprint density at radius 2 is 2.28 bits per heavy atom. The van der Waals surface area contributed by atoms with Crippen LogP contribution in [-0.2, 0) is 20.7 Å². The SMILES string of the molecule is [2H]C([2H])([2H])OC1=CC(=O)OC(CCc2ccc(O)cc2)C1. The molecule has 96 valence electrons. The van der Waals surface area contributed by atoms with Gasteiger partial charge in [0, 0.05) is 6.42 Å². The lowest BCUT2D eigenvalue weighted by atomic mass is 10.0. The molecule has 2 rings (SSSR count). The third kappa shape index (κ3) is 3.26. The number of carbonyl (C=O) groups is 1. The highest BCUT2D eigenvalue weighted by atomic mass is 16.5. The minimum absolute atomic E-state index is 0.127. The molecular formula is C14H16O4. The van der Waals surface area contributed by atoms with Gasteiger partial charge < -0.3 is 14.6 Å². The van der Waals surface area contributed by atoms with Gasteiger partial charge in [0.25, 0.3) is 0 Å². The highest BCUT2D eigenvalue weighted by Gasteiger charge is 2.21. The summed E-state index contributed by atoms with van der Waals surface area (Å²) in [5.74, 6) is -0.266. The third-order valence-electron chi connectivity index (χ3n) is 2.81. The molecule has 18 heavy (non-hydrogen) atoms. The van der Waals surface area contributed by atoms with E-state index >= 15 is 0 Å². The predicted octanol–water partition coefficient (Wildman–Crippen LogP) is 2.17. The van der Waals surface area contributed by atoms with E-state index in [0.717, 1.165) is 11.6 Å². The Balaban J connectivity index is 1.91. The maximum absolute atomic E-state index is 11.4. The number of cyclic esters (lactones) is 1. The van der Waals surface area contributed by atoms with Gasteiger partial charge in [-0.1, -0.05) is 12.1 Å². The molecule has 1 aliphatic rings. The second-order valence-corrected chi connectivity index (χ2v) is 4.18. The lowest BCUT2D eigenvalue weighted by Crippen LogP contribution is -2.23. The van der Waals surface area contributed by atoms with Crippen molar-refractivity contribution in [3.8, 4) is 5.75 Å². The van der Waals surface area contributed by atoms with Gasteiger partial charge in [0.05, 0.1) is 17.2 Å². The quantitative estimate of drug-likeness (QED) is 0.833. The fourth-order valence-corrected chi connectivity index (χ4v) is 1.88. The van der Waals surface area contributed by atoms with Crippen molar-refractivity contribution < 1.29 is 23.5 Å². The molecule has 0 bridgehead atoms. The van der Waals surface area contributed by atoms with Crippen LogP contribution in [0.25, 0.3) is 0 Å². The first-order chi connectivity index (χ1) is 9.82. The third-order valence-corrected chi connectivity index (χ3v) is 2.81. The lowest BCUT2D eigenvalue weighted by molar-refractivity contribution is -0.145. The van der Waals surface area contributed by atoms with Gasteiger partial charge in [-0.05, 0) is 30.5 Å². The number of aryl methyl sites for hydroxylation is 1. The molecule has 1 aromatic rings. The molecule has 0 radical (unpaired) electrons. The first kappa shape index (κ1) is 9.03. The Kier molecular flexibility index (Phi) is 2.80. The van der Waals surface area contributed by atoms with Crippen molar-refractivity contribution in [1.29, 1.82) is 0 Å². The van der Waals surface area contributed by atoms with Gasteiger partial charge in [0.1, 0.15) is 17.6 Å². The Labute approximate surface area is 110 Å². The molecule has 0 aromatic heterocycles. The minimum atomic E-state index is -2.56. The average molecular weight is 251 g/mol. The zero-order valence-corrected chi connectivity index (χ0v) is 9.76. The number of esters is 1. The molecule has 0 spiro atoms. The van der Waals surface area contributed by atoms with Crippen LogP contribution in [0, 0.1) is 0 Å². The summed E-state index contributed by atoms with van der Waals surface area (Å²) in [6.45, 7) is 0. The van der Waals surface area contributed by atoms with Crippen molar-refractivity contribution >= 4 is 5.97 Å². The number of benzene rings is 1. The molecule has 1 N–H and O–H groups in total. The van der Waals surface area contributed by atoms with Gasteiger partial charge in [-0.3, -0.25) is 0 Å².